The molecular weight excluding hydrogens is 310 g/mol. The quantitative estimate of drug-likeness (QED) is 0.917. The van der Waals surface area contributed by atoms with Gasteiger partial charge in [0.05, 0.1) is 22.9 Å². The first-order valence-corrected chi connectivity index (χ1v) is 8.16. The first kappa shape index (κ1) is 15.8. The summed E-state index contributed by atoms with van der Waals surface area (Å²) in [7, 11) is 1.75. The minimum atomic E-state index is -0.187. The zero-order valence-corrected chi connectivity index (χ0v) is 14.2. The molecule has 0 spiro atoms. The van der Waals surface area contributed by atoms with Crippen LogP contribution in [0.4, 0.5) is 10.5 Å². The Bertz CT molecular complexity index is 745. The van der Waals surface area contributed by atoms with Gasteiger partial charge in [0.1, 0.15) is 0 Å². The fourth-order valence-electron chi connectivity index (χ4n) is 2.90. The molecule has 2 amide bonds. The number of fused-ring (bicyclic) bond motifs is 1. The summed E-state index contributed by atoms with van der Waals surface area (Å²) >= 11 is 6.29. The SMILES string of the molecule is Cc1cccc(CN(C)C(=O)Nc2cc3c(cc2Cl)CCC3)n1. The Morgan fingerprint density at radius 3 is 2.78 bits per heavy atom. The van der Waals surface area contributed by atoms with Crippen molar-refractivity contribution in [3.05, 3.63) is 57.9 Å². The second kappa shape index (κ2) is 6.59. The number of benzene rings is 1. The normalized spacial score (nSPS) is 12.8. The zero-order chi connectivity index (χ0) is 16.4. The number of aryl methyl sites for hydroxylation is 3. The summed E-state index contributed by atoms with van der Waals surface area (Å²) in [6.45, 7) is 2.39. The molecule has 0 radical (unpaired) electrons. The van der Waals surface area contributed by atoms with E-state index >= 15 is 0 Å². The highest BCUT2D eigenvalue weighted by atomic mass is 35.5. The number of carbonyl (C=O) groups excluding carboxylic acids is 1. The fraction of sp³-hybridized carbons (Fsp3) is 0.333. The van der Waals surface area contributed by atoms with Crippen LogP contribution in [0.3, 0.4) is 0 Å². The molecule has 2 aromatic rings. The van der Waals surface area contributed by atoms with E-state index in [9.17, 15) is 4.79 Å². The maximum Gasteiger partial charge on any atom is 0.321 e. The molecule has 0 bridgehead atoms. The van der Waals surface area contributed by atoms with Crippen molar-refractivity contribution in [2.24, 2.45) is 0 Å². The molecule has 4 nitrogen and oxygen atoms in total. The molecule has 1 aromatic heterocycles. The van der Waals surface area contributed by atoms with E-state index in [-0.39, 0.29) is 6.03 Å². The van der Waals surface area contributed by atoms with Gasteiger partial charge >= 0.3 is 6.03 Å². The number of rotatable bonds is 3. The highest BCUT2D eigenvalue weighted by Crippen LogP contribution is 2.31. The molecule has 3 rings (SSSR count). The number of aromatic nitrogens is 1. The third-order valence-electron chi connectivity index (χ3n) is 4.11. The van der Waals surface area contributed by atoms with Crippen molar-refractivity contribution in [3.63, 3.8) is 0 Å². The number of urea groups is 1. The van der Waals surface area contributed by atoms with Crippen LogP contribution in [-0.4, -0.2) is 23.0 Å². The van der Waals surface area contributed by atoms with E-state index in [0.29, 0.717) is 17.3 Å². The number of hydrogen-bond donors (Lipinski definition) is 1. The maximum absolute atomic E-state index is 12.4. The van der Waals surface area contributed by atoms with Gasteiger partial charge in [0.15, 0.2) is 0 Å². The van der Waals surface area contributed by atoms with Crippen molar-refractivity contribution in [2.45, 2.75) is 32.7 Å². The van der Waals surface area contributed by atoms with Gasteiger partial charge in [0, 0.05) is 12.7 Å². The first-order chi connectivity index (χ1) is 11.0. The molecule has 1 aromatic carbocycles. The van der Waals surface area contributed by atoms with Crippen LogP contribution in [0.25, 0.3) is 0 Å². The van der Waals surface area contributed by atoms with Crippen molar-refractivity contribution in [3.8, 4) is 0 Å². The topological polar surface area (TPSA) is 45.2 Å². The van der Waals surface area contributed by atoms with E-state index in [1.54, 1.807) is 11.9 Å². The number of carbonyl (C=O) groups is 1. The van der Waals surface area contributed by atoms with Crippen molar-refractivity contribution in [1.29, 1.82) is 0 Å². The maximum atomic E-state index is 12.4. The lowest BCUT2D eigenvalue weighted by Crippen LogP contribution is -2.31. The first-order valence-electron chi connectivity index (χ1n) is 7.79. The summed E-state index contributed by atoms with van der Waals surface area (Å²) in [5.41, 5.74) is 5.07. The highest BCUT2D eigenvalue weighted by Gasteiger charge is 2.17. The van der Waals surface area contributed by atoms with Crippen LogP contribution in [0.1, 0.15) is 28.9 Å². The van der Waals surface area contributed by atoms with E-state index in [0.717, 1.165) is 30.7 Å². The average molecular weight is 330 g/mol. The molecule has 0 atom stereocenters. The van der Waals surface area contributed by atoms with Gasteiger partial charge in [0.25, 0.3) is 0 Å². The Labute approximate surface area is 141 Å². The molecule has 0 saturated heterocycles. The molecule has 1 aliphatic rings. The molecule has 0 aliphatic heterocycles. The van der Waals surface area contributed by atoms with Crippen molar-refractivity contribution >= 4 is 23.3 Å². The second-order valence-electron chi connectivity index (χ2n) is 6.01. The van der Waals surface area contributed by atoms with Crippen LogP contribution in [0, 0.1) is 6.92 Å². The molecular formula is C18H20ClN3O. The molecule has 0 unspecified atom stereocenters. The summed E-state index contributed by atoms with van der Waals surface area (Å²) in [6.07, 6.45) is 3.28. The number of halogens is 1. The Kier molecular flexibility index (Phi) is 4.53. The van der Waals surface area contributed by atoms with Gasteiger partial charge in [0.2, 0.25) is 0 Å². The predicted octanol–water partition coefficient (Wildman–Crippen LogP) is 4.20. The number of pyridine rings is 1. The van der Waals surface area contributed by atoms with E-state index in [1.807, 2.05) is 37.3 Å². The van der Waals surface area contributed by atoms with Crippen molar-refractivity contribution in [2.75, 3.05) is 12.4 Å². The molecule has 23 heavy (non-hydrogen) atoms. The monoisotopic (exact) mass is 329 g/mol. The second-order valence-corrected chi connectivity index (χ2v) is 6.42. The molecule has 120 valence electrons. The number of anilines is 1. The lowest BCUT2D eigenvalue weighted by atomic mass is 10.1. The largest absolute Gasteiger partial charge is 0.322 e. The molecule has 0 fully saturated rings. The van der Waals surface area contributed by atoms with E-state index < -0.39 is 0 Å². The summed E-state index contributed by atoms with van der Waals surface area (Å²) in [5, 5.41) is 3.50. The van der Waals surface area contributed by atoms with Crippen molar-refractivity contribution < 1.29 is 4.79 Å². The number of hydrogen-bond acceptors (Lipinski definition) is 2. The standard InChI is InChI=1S/C18H20ClN3O/c1-12-5-3-8-15(20-12)11-22(2)18(23)21-17-10-14-7-4-6-13(14)9-16(17)19/h3,5,8-10H,4,6-7,11H2,1-2H3,(H,21,23). The number of amides is 2. The smallest absolute Gasteiger partial charge is 0.321 e. The third kappa shape index (κ3) is 3.64. The molecule has 1 heterocycles. The van der Waals surface area contributed by atoms with Crippen LogP contribution < -0.4 is 5.32 Å². The molecule has 5 heteroatoms. The minimum Gasteiger partial charge on any atom is -0.322 e. The summed E-state index contributed by atoms with van der Waals surface area (Å²) in [4.78, 5) is 18.4. The Morgan fingerprint density at radius 2 is 2.04 bits per heavy atom. The van der Waals surface area contributed by atoms with Gasteiger partial charge < -0.3 is 10.2 Å². The van der Waals surface area contributed by atoms with Crippen LogP contribution in [-0.2, 0) is 19.4 Å². The Balaban J connectivity index is 1.69. The molecule has 1 aliphatic carbocycles. The summed E-state index contributed by atoms with van der Waals surface area (Å²) < 4.78 is 0. The van der Waals surface area contributed by atoms with Gasteiger partial charge in [-0.2, -0.15) is 0 Å². The van der Waals surface area contributed by atoms with Gasteiger partial charge in [-0.3, -0.25) is 4.98 Å². The van der Waals surface area contributed by atoms with Crippen LogP contribution in [0.5, 0.6) is 0 Å². The molecule has 0 saturated carbocycles. The van der Waals surface area contributed by atoms with Crippen LogP contribution >= 0.6 is 11.6 Å². The van der Waals surface area contributed by atoms with E-state index in [4.69, 9.17) is 11.6 Å². The van der Waals surface area contributed by atoms with Crippen LogP contribution in [0.15, 0.2) is 30.3 Å². The van der Waals surface area contributed by atoms with Gasteiger partial charge in [-0.05, 0) is 61.6 Å². The van der Waals surface area contributed by atoms with Gasteiger partial charge in [-0.15, -0.1) is 0 Å². The van der Waals surface area contributed by atoms with Crippen LogP contribution in [0.2, 0.25) is 5.02 Å². The van der Waals surface area contributed by atoms with E-state index in [2.05, 4.69) is 10.3 Å². The third-order valence-corrected chi connectivity index (χ3v) is 4.43. The van der Waals surface area contributed by atoms with Gasteiger partial charge in [-0.1, -0.05) is 17.7 Å². The highest BCUT2D eigenvalue weighted by molar-refractivity contribution is 6.33. The lowest BCUT2D eigenvalue weighted by Gasteiger charge is -2.19. The average Bonchev–Trinajstić information content (AvgIpc) is 2.94. The van der Waals surface area contributed by atoms with Gasteiger partial charge in [-0.25, -0.2) is 4.79 Å². The number of nitrogens with one attached hydrogen (secondary N) is 1. The fourth-order valence-corrected chi connectivity index (χ4v) is 3.14. The summed E-state index contributed by atoms with van der Waals surface area (Å²) in [5.74, 6) is 0. The predicted molar refractivity (Wildman–Crippen MR) is 92.9 cm³/mol. The van der Waals surface area contributed by atoms with Crippen molar-refractivity contribution in [1.82, 2.24) is 9.88 Å². The van der Waals surface area contributed by atoms with E-state index in [1.165, 1.54) is 11.1 Å². The number of nitrogens with zero attached hydrogens (tertiary/aromatic N) is 2. The Morgan fingerprint density at radius 1 is 1.30 bits per heavy atom. The lowest BCUT2D eigenvalue weighted by molar-refractivity contribution is 0.220. The minimum absolute atomic E-state index is 0.187. The Hall–Kier alpha value is -2.07. The zero-order valence-electron chi connectivity index (χ0n) is 13.4. The molecule has 1 N–H and O–H groups in total. The summed E-state index contributed by atoms with van der Waals surface area (Å²) in [6, 6.07) is 9.59.